The van der Waals surface area contributed by atoms with Crippen LogP contribution in [0.5, 0.6) is 5.75 Å². The Labute approximate surface area is 150 Å². The van der Waals surface area contributed by atoms with Crippen LogP contribution in [0.2, 0.25) is 0 Å². The quantitative estimate of drug-likeness (QED) is 0.748. The largest absolute Gasteiger partial charge is 0.491 e. The number of hydrogen-bond acceptors (Lipinski definition) is 8. The smallest absolute Gasteiger partial charge is 0.359 e. The number of esters is 2. The number of methoxy groups -OCH3 is 2. The van der Waals surface area contributed by atoms with Gasteiger partial charge in [0.25, 0.3) is 0 Å². The summed E-state index contributed by atoms with van der Waals surface area (Å²) in [6, 6.07) is -0.698. The first-order valence-corrected chi connectivity index (χ1v) is 8.20. The highest BCUT2D eigenvalue weighted by atomic mass is 16.5. The van der Waals surface area contributed by atoms with E-state index in [2.05, 4.69) is 4.74 Å². The zero-order valence-electron chi connectivity index (χ0n) is 15.2. The number of hydrogen-bond donors (Lipinski definition) is 1. The summed E-state index contributed by atoms with van der Waals surface area (Å²) < 4.78 is 21.7. The van der Waals surface area contributed by atoms with E-state index in [0.717, 1.165) is 7.11 Å². The second-order valence-corrected chi connectivity index (χ2v) is 6.10. The highest BCUT2D eigenvalue weighted by Crippen LogP contribution is 2.27. The standard InChI is InChI=1S/C17H23NO8/c1-9(2)26-17(22)13-15(23-3)14(20)10(16(21)24-4)7-18(13)11-8-25-6-5-12(11)19/h7,9,11-12,19H,5-6,8H2,1-4H3/t11-,12-/m0/s1. The molecule has 9 heteroatoms. The predicted molar refractivity (Wildman–Crippen MR) is 89.6 cm³/mol. The van der Waals surface area contributed by atoms with Gasteiger partial charge in [0.2, 0.25) is 5.43 Å². The van der Waals surface area contributed by atoms with Gasteiger partial charge in [0, 0.05) is 12.8 Å². The van der Waals surface area contributed by atoms with Crippen LogP contribution in [0, 0.1) is 0 Å². The zero-order chi connectivity index (χ0) is 19.4. The molecule has 1 N–H and O–H groups in total. The van der Waals surface area contributed by atoms with E-state index < -0.39 is 35.6 Å². The third kappa shape index (κ3) is 3.88. The van der Waals surface area contributed by atoms with Crippen LogP contribution in [0.15, 0.2) is 11.0 Å². The first-order chi connectivity index (χ1) is 12.3. The Morgan fingerprint density at radius 2 is 2.00 bits per heavy atom. The van der Waals surface area contributed by atoms with E-state index >= 15 is 0 Å². The fourth-order valence-electron chi connectivity index (χ4n) is 2.76. The Bertz CT molecular complexity index is 739. The number of carbonyl (C=O) groups excluding carboxylic acids is 2. The van der Waals surface area contributed by atoms with Gasteiger partial charge in [-0.15, -0.1) is 0 Å². The van der Waals surface area contributed by atoms with Gasteiger partial charge in [0.05, 0.1) is 39.1 Å². The van der Waals surface area contributed by atoms with Crippen molar-refractivity contribution in [1.29, 1.82) is 0 Å². The number of pyridine rings is 1. The second kappa shape index (κ2) is 8.33. The molecule has 0 amide bonds. The molecule has 2 rings (SSSR count). The lowest BCUT2D eigenvalue weighted by Crippen LogP contribution is -2.38. The van der Waals surface area contributed by atoms with Gasteiger partial charge in [0.1, 0.15) is 5.56 Å². The lowest BCUT2D eigenvalue weighted by molar-refractivity contribution is -0.0309. The van der Waals surface area contributed by atoms with Crippen molar-refractivity contribution in [3.63, 3.8) is 0 Å². The molecule has 0 bridgehead atoms. The zero-order valence-corrected chi connectivity index (χ0v) is 15.2. The molecule has 1 aromatic rings. The predicted octanol–water partition coefficient (Wildman–Crippen LogP) is 0.531. The van der Waals surface area contributed by atoms with Crippen molar-refractivity contribution in [2.45, 2.75) is 38.5 Å². The van der Waals surface area contributed by atoms with Crippen molar-refractivity contribution in [2.24, 2.45) is 0 Å². The van der Waals surface area contributed by atoms with Gasteiger partial charge in [-0.25, -0.2) is 9.59 Å². The van der Waals surface area contributed by atoms with Crippen LogP contribution in [0.4, 0.5) is 0 Å². The molecular weight excluding hydrogens is 346 g/mol. The molecule has 1 aliphatic rings. The van der Waals surface area contributed by atoms with Crippen LogP contribution in [0.3, 0.4) is 0 Å². The fourth-order valence-corrected chi connectivity index (χ4v) is 2.76. The number of aromatic nitrogens is 1. The Balaban J connectivity index is 2.73. The molecule has 1 fully saturated rings. The third-order valence-corrected chi connectivity index (χ3v) is 3.99. The van der Waals surface area contributed by atoms with Gasteiger partial charge < -0.3 is 28.6 Å². The summed E-state index contributed by atoms with van der Waals surface area (Å²) in [7, 11) is 2.35. The average Bonchev–Trinajstić information content (AvgIpc) is 2.60. The maximum atomic E-state index is 12.6. The molecule has 1 aromatic heterocycles. The van der Waals surface area contributed by atoms with Crippen molar-refractivity contribution in [3.05, 3.63) is 27.7 Å². The first-order valence-electron chi connectivity index (χ1n) is 8.20. The Morgan fingerprint density at radius 3 is 2.54 bits per heavy atom. The van der Waals surface area contributed by atoms with Gasteiger partial charge in [0.15, 0.2) is 11.4 Å². The highest BCUT2D eigenvalue weighted by molar-refractivity contribution is 5.94. The Morgan fingerprint density at radius 1 is 1.31 bits per heavy atom. The molecule has 0 radical (unpaired) electrons. The number of ether oxygens (including phenoxy) is 4. The van der Waals surface area contributed by atoms with E-state index in [9.17, 15) is 19.5 Å². The number of rotatable bonds is 5. The Hall–Kier alpha value is -2.39. The molecule has 0 saturated carbocycles. The first kappa shape index (κ1) is 19.9. The summed E-state index contributed by atoms with van der Waals surface area (Å²) in [6.45, 7) is 3.78. The summed E-state index contributed by atoms with van der Waals surface area (Å²) in [5.41, 5.74) is -1.30. The molecule has 2 heterocycles. The van der Waals surface area contributed by atoms with Gasteiger partial charge in [-0.05, 0) is 20.3 Å². The fraction of sp³-hybridized carbons (Fsp3) is 0.588. The van der Waals surface area contributed by atoms with E-state index in [4.69, 9.17) is 14.2 Å². The van der Waals surface area contributed by atoms with Crippen LogP contribution in [0.1, 0.15) is 47.2 Å². The monoisotopic (exact) mass is 369 g/mol. The third-order valence-electron chi connectivity index (χ3n) is 3.99. The van der Waals surface area contributed by atoms with Gasteiger partial charge in [-0.3, -0.25) is 4.79 Å². The molecule has 0 aliphatic carbocycles. The molecule has 0 aromatic carbocycles. The van der Waals surface area contributed by atoms with E-state index in [1.54, 1.807) is 13.8 Å². The average molecular weight is 369 g/mol. The molecular formula is C17H23NO8. The molecule has 9 nitrogen and oxygen atoms in total. The summed E-state index contributed by atoms with van der Waals surface area (Å²) in [5, 5.41) is 10.3. The van der Waals surface area contributed by atoms with Gasteiger partial charge in [-0.2, -0.15) is 0 Å². The molecule has 2 atom stereocenters. The minimum absolute atomic E-state index is 0.0930. The van der Waals surface area contributed by atoms with E-state index in [1.807, 2.05) is 0 Å². The van der Waals surface area contributed by atoms with Crippen LogP contribution >= 0.6 is 0 Å². The van der Waals surface area contributed by atoms with E-state index in [0.29, 0.717) is 13.0 Å². The highest BCUT2D eigenvalue weighted by Gasteiger charge is 2.34. The van der Waals surface area contributed by atoms with Crippen LogP contribution in [-0.4, -0.2) is 61.3 Å². The minimum atomic E-state index is -0.878. The Kier molecular flexibility index (Phi) is 6.38. The molecule has 0 unspecified atom stereocenters. The molecule has 144 valence electrons. The summed E-state index contributed by atoms with van der Waals surface area (Å²) >= 11 is 0. The summed E-state index contributed by atoms with van der Waals surface area (Å²) in [4.78, 5) is 37.2. The SMILES string of the molecule is COC(=O)c1cn([C@H]2COCC[C@@H]2O)c(C(=O)OC(C)C)c(OC)c1=O. The molecule has 1 saturated heterocycles. The van der Waals surface area contributed by atoms with Gasteiger partial charge >= 0.3 is 11.9 Å². The number of aliphatic hydroxyl groups excluding tert-OH is 1. The normalized spacial score (nSPS) is 19.9. The van der Waals surface area contributed by atoms with Crippen molar-refractivity contribution < 1.29 is 33.6 Å². The van der Waals surface area contributed by atoms with E-state index in [1.165, 1.54) is 17.9 Å². The van der Waals surface area contributed by atoms with Crippen LogP contribution in [0.25, 0.3) is 0 Å². The van der Waals surface area contributed by atoms with Crippen molar-refractivity contribution in [2.75, 3.05) is 27.4 Å². The molecule has 0 spiro atoms. The van der Waals surface area contributed by atoms with Crippen molar-refractivity contribution in [1.82, 2.24) is 4.57 Å². The van der Waals surface area contributed by atoms with Crippen molar-refractivity contribution >= 4 is 11.9 Å². The van der Waals surface area contributed by atoms with Gasteiger partial charge in [-0.1, -0.05) is 0 Å². The lowest BCUT2D eigenvalue weighted by atomic mass is 10.0. The molecule has 26 heavy (non-hydrogen) atoms. The summed E-state index contributed by atoms with van der Waals surface area (Å²) in [5.74, 6) is -2.03. The second-order valence-electron chi connectivity index (χ2n) is 6.10. The van der Waals surface area contributed by atoms with E-state index in [-0.39, 0.29) is 23.6 Å². The molecule has 1 aliphatic heterocycles. The number of nitrogens with zero attached hydrogens (tertiary/aromatic N) is 1. The van der Waals surface area contributed by atoms with Crippen molar-refractivity contribution in [3.8, 4) is 5.75 Å². The number of aliphatic hydroxyl groups is 1. The summed E-state index contributed by atoms with van der Waals surface area (Å²) in [6.07, 6.45) is 0.234. The topological polar surface area (TPSA) is 113 Å². The lowest BCUT2D eigenvalue weighted by Gasteiger charge is -2.32. The minimum Gasteiger partial charge on any atom is -0.491 e. The number of carbonyl (C=O) groups is 2. The van der Waals surface area contributed by atoms with Crippen LogP contribution in [-0.2, 0) is 14.2 Å². The maximum absolute atomic E-state index is 12.6. The maximum Gasteiger partial charge on any atom is 0.359 e. The van der Waals surface area contributed by atoms with Crippen LogP contribution < -0.4 is 10.2 Å².